The summed E-state index contributed by atoms with van der Waals surface area (Å²) < 4.78 is 1.21. The van der Waals surface area contributed by atoms with Gasteiger partial charge in [-0.3, -0.25) is 9.80 Å². The molecule has 3 atom stereocenters. The molecular formula is C15H20BrN3. The van der Waals surface area contributed by atoms with Gasteiger partial charge in [0.25, 0.3) is 0 Å². The minimum atomic E-state index is 0.0869. The SMILES string of the molecule is CC12CN3CN(C1)CC(c1ccccc1Br)(C3)C2N. The zero-order valence-corrected chi connectivity index (χ0v) is 12.9. The van der Waals surface area contributed by atoms with E-state index in [1.54, 1.807) is 0 Å². The van der Waals surface area contributed by atoms with Gasteiger partial charge in [0.05, 0.1) is 6.67 Å². The molecule has 3 nitrogen and oxygen atoms in total. The van der Waals surface area contributed by atoms with E-state index in [0.717, 1.165) is 32.8 Å². The van der Waals surface area contributed by atoms with E-state index in [1.807, 2.05) is 0 Å². The number of nitrogens with two attached hydrogens (primary N) is 1. The van der Waals surface area contributed by atoms with Gasteiger partial charge >= 0.3 is 0 Å². The van der Waals surface area contributed by atoms with Crippen LogP contribution in [0.5, 0.6) is 0 Å². The summed E-state index contributed by atoms with van der Waals surface area (Å²) >= 11 is 3.74. The summed E-state index contributed by atoms with van der Waals surface area (Å²) in [5.41, 5.74) is 8.47. The van der Waals surface area contributed by atoms with E-state index in [0.29, 0.717) is 0 Å². The maximum Gasteiger partial charge on any atom is 0.0507 e. The molecule has 3 unspecified atom stereocenters. The fraction of sp³-hybridized carbons (Fsp3) is 0.600. The van der Waals surface area contributed by atoms with E-state index in [1.165, 1.54) is 10.0 Å². The predicted molar refractivity (Wildman–Crippen MR) is 79.9 cm³/mol. The summed E-state index contributed by atoms with van der Waals surface area (Å²) in [5.74, 6) is 0. The van der Waals surface area contributed by atoms with Gasteiger partial charge in [-0.1, -0.05) is 41.1 Å². The molecule has 0 spiro atoms. The first-order valence-electron chi connectivity index (χ1n) is 6.99. The van der Waals surface area contributed by atoms with Crippen molar-refractivity contribution in [2.24, 2.45) is 11.1 Å². The molecule has 0 saturated carbocycles. The first kappa shape index (κ1) is 12.3. The molecule has 4 aliphatic heterocycles. The summed E-state index contributed by atoms with van der Waals surface area (Å²) in [5, 5.41) is 0. The average Bonchev–Trinajstić information content (AvgIpc) is 2.35. The molecule has 2 N–H and O–H groups in total. The van der Waals surface area contributed by atoms with Crippen LogP contribution in [0, 0.1) is 5.41 Å². The molecule has 4 saturated heterocycles. The number of benzene rings is 1. The fourth-order valence-corrected chi connectivity index (χ4v) is 5.46. The number of halogens is 1. The topological polar surface area (TPSA) is 32.5 Å². The van der Waals surface area contributed by atoms with E-state index in [4.69, 9.17) is 5.73 Å². The standard InChI is InChI=1S/C15H20BrN3/c1-14-6-18-8-15(13(14)17,9-19(7-14)10-18)11-4-2-3-5-12(11)16/h2-5,13H,6-10,17H2,1H3. The summed E-state index contributed by atoms with van der Waals surface area (Å²) in [6.45, 7) is 7.98. The van der Waals surface area contributed by atoms with Gasteiger partial charge in [0.15, 0.2) is 0 Å². The molecule has 1 aromatic rings. The Morgan fingerprint density at radius 3 is 2.42 bits per heavy atom. The van der Waals surface area contributed by atoms with Crippen LogP contribution in [0.1, 0.15) is 12.5 Å². The van der Waals surface area contributed by atoms with E-state index in [-0.39, 0.29) is 16.9 Å². The minimum Gasteiger partial charge on any atom is -0.326 e. The van der Waals surface area contributed by atoms with Crippen LogP contribution >= 0.6 is 15.9 Å². The Morgan fingerprint density at radius 2 is 1.79 bits per heavy atom. The lowest BCUT2D eigenvalue weighted by atomic mass is 9.57. The minimum absolute atomic E-state index is 0.0869. The van der Waals surface area contributed by atoms with Crippen molar-refractivity contribution >= 4 is 15.9 Å². The second-order valence-electron chi connectivity index (χ2n) is 6.88. The third kappa shape index (κ3) is 1.54. The number of hydrogen-bond donors (Lipinski definition) is 1. The molecule has 4 heterocycles. The molecule has 19 heavy (non-hydrogen) atoms. The number of nitrogens with zero attached hydrogens (tertiary/aromatic N) is 2. The second kappa shape index (κ2) is 3.82. The Morgan fingerprint density at radius 1 is 1.16 bits per heavy atom. The largest absolute Gasteiger partial charge is 0.326 e. The van der Waals surface area contributed by atoms with Crippen molar-refractivity contribution in [3.63, 3.8) is 0 Å². The molecule has 4 fully saturated rings. The number of piperidine rings is 2. The van der Waals surface area contributed by atoms with Crippen molar-refractivity contribution in [2.45, 2.75) is 18.4 Å². The van der Waals surface area contributed by atoms with Crippen LogP contribution in [0.15, 0.2) is 28.7 Å². The average molecular weight is 322 g/mol. The van der Waals surface area contributed by atoms with Crippen LogP contribution in [0.25, 0.3) is 0 Å². The Hall–Kier alpha value is -0.420. The monoisotopic (exact) mass is 321 g/mol. The zero-order valence-electron chi connectivity index (χ0n) is 11.3. The Labute approximate surface area is 122 Å². The van der Waals surface area contributed by atoms with E-state index < -0.39 is 0 Å². The molecule has 0 radical (unpaired) electrons. The molecule has 0 amide bonds. The molecule has 102 valence electrons. The second-order valence-corrected chi connectivity index (χ2v) is 7.74. The molecule has 5 rings (SSSR count). The summed E-state index contributed by atoms with van der Waals surface area (Å²) in [7, 11) is 0. The summed E-state index contributed by atoms with van der Waals surface area (Å²) in [6.07, 6.45) is 0. The third-order valence-corrected chi connectivity index (χ3v) is 6.03. The van der Waals surface area contributed by atoms with Gasteiger partial charge in [-0.2, -0.15) is 0 Å². The Balaban J connectivity index is 1.88. The van der Waals surface area contributed by atoms with Gasteiger partial charge in [0.2, 0.25) is 0 Å². The Kier molecular flexibility index (Phi) is 2.48. The van der Waals surface area contributed by atoms with Crippen molar-refractivity contribution in [2.75, 3.05) is 32.8 Å². The normalized spacial score (nSPS) is 47.6. The van der Waals surface area contributed by atoms with Gasteiger partial charge < -0.3 is 5.73 Å². The van der Waals surface area contributed by atoms with Gasteiger partial charge in [-0.15, -0.1) is 0 Å². The van der Waals surface area contributed by atoms with Gasteiger partial charge in [-0.05, 0) is 11.6 Å². The maximum atomic E-state index is 6.76. The predicted octanol–water partition coefficient (Wildman–Crippen LogP) is 1.62. The van der Waals surface area contributed by atoms with Crippen LogP contribution < -0.4 is 5.73 Å². The van der Waals surface area contributed by atoms with Crippen LogP contribution in [-0.2, 0) is 5.41 Å². The molecule has 1 aromatic carbocycles. The molecule has 0 aromatic heterocycles. The van der Waals surface area contributed by atoms with Crippen LogP contribution in [0.3, 0.4) is 0 Å². The molecule has 0 aliphatic carbocycles. The van der Waals surface area contributed by atoms with Gasteiger partial charge in [-0.25, -0.2) is 0 Å². The molecule has 4 bridgehead atoms. The third-order valence-electron chi connectivity index (χ3n) is 5.34. The zero-order chi connectivity index (χ0) is 13.3. The maximum absolute atomic E-state index is 6.76. The quantitative estimate of drug-likeness (QED) is 0.853. The highest BCUT2D eigenvalue weighted by molar-refractivity contribution is 9.10. The van der Waals surface area contributed by atoms with Crippen molar-refractivity contribution in [3.05, 3.63) is 34.3 Å². The van der Waals surface area contributed by atoms with E-state index >= 15 is 0 Å². The highest BCUT2D eigenvalue weighted by Gasteiger charge is 2.60. The first-order valence-corrected chi connectivity index (χ1v) is 7.78. The molecule has 4 heteroatoms. The lowest BCUT2D eigenvalue weighted by molar-refractivity contribution is -0.142. The fourth-order valence-electron chi connectivity index (χ4n) is 4.78. The van der Waals surface area contributed by atoms with Crippen LogP contribution in [0.2, 0.25) is 0 Å². The lowest BCUT2D eigenvalue weighted by Gasteiger charge is -2.67. The lowest BCUT2D eigenvalue weighted by Crippen LogP contribution is -2.80. The molecule has 4 aliphatic rings. The van der Waals surface area contributed by atoms with Crippen molar-refractivity contribution in [1.82, 2.24) is 9.80 Å². The van der Waals surface area contributed by atoms with Crippen molar-refractivity contribution in [1.29, 1.82) is 0 Å². The van der Waals surface area contributed by atoms with Crippen molar-refractivity contribution in [3.8, 4) is 0 Å². The van der Waals surface area contributed by atoms with E-state index in [9.17, 15) is 0 Å². The smallest absolute Gasteiger partial charge is 0.0507 e. The molecular weight excluding hydrogens is 302 g/mol. The highest BCUT2D eigenvalue weighted by atomic mass is 79.9. The number of rotatable bonds is 1. The highest BCUT2D eigenvalue weighted by Crippen LogP contribution is 2.50. The first-order chi connectivity index (χ1) is 9.03. The Bertz CT molecular complexity index is 516. The van der Waals surface area contributed by atoms with Gasteiger partial charge in [0.1, 0.15) is 0 Å². The van der Waals surface area contributed by atoms with Crippen LogP contribution in [0.4, 0.5) is 0 Å². The summed E-state index contributed by atoms with van der Waals surface area (Å²) in [4.78, 5) is 5.16. The van der Waals surface area contributed by atoms with Gasteiger partial charge in [0, 0.05) is 47.5 Å². The number of hydrogen-bond acceptors (Lipinski definition) is 3. The van der Waals surface area contributed by atoms with Crippen LogP contribution in [-0.4, -0.2) is 48.7 Å². The van der Waals surface area contributed by atoms with Crippen molar-refractivity contribution < 1.29 is 0 Å². The van der Waals surface area contributed by atoms with E-state index in [2.05, 4.69) is 56.9 Å². The summed E-state index contributed by atoms with van der Waals surface area (Å²) in [6, 6.07) is 8.86.